The second-order valence-corrected chi connectivity index (χ2v) is 8.70. The monoisotopic (exact) mass is 536 g/mol. The normalized spacial score (nSPS) is 37.4. The highest BCUT2D eigenvalue weighted by Crippen LogP contribution is 2.32. The minimum absolute atomic E-state index is 0.133. The van der Waals surface area contributed by atoms with E-state index in [0.717, 1.165) is 0 Å². The van der Waals surface area contributed by atoms with Gasteiger partial charge in [0, 0.05) is 31.6 Å². The molecule has 3 rings (SSSR count). The maximum Gasteiger partial charge on any atom is 0.227 e. The third-order valence-electron chi connectivity index (χ3n) is 6.03. The van der Waals surface area contributed by atoms with E-state index in [1.807, 2.05) is 0 Å². The number of rotatable bonds is 15. The van der Waals surface area contributed by atoms with E-state index in [-0.39, 0.29) is 26.4 Å². The van der Waals surface area contributed by atoms with E-state index in [2.05, 4.69) is 15.0 Å². The van der Waals surface area contributed by atoms with Crippen LogP contribution in [0.3, 0.4) is 0 Å². The number of nitrogens with zero attached hydrogens (tertiary/aromatic N) is 4. The molecule has 0 aromatic heterocycles. The topological polar surface area (TPSA) is 227 Å². The summed E-state index contributed by atoms with van der Waals surface area (Å²) in [5.74, 6) is 0.315. The Morgan fingerprint density at radius 1 is 0.919 bits per heavy atom. The van der Waals surface area contributed by atoms with Gasteiger partial charge in [0.1, 0.15) is 48.8 Å². The number of ether oxygens (including phenoxy) is 7. The quantitative estimate of drug-likeness (QED) is 0.0652. The second kappa shape index (κ2) is 15.1. The SMILES string of the molecule is CC1=N[C@H]2[C@@H](O1)O[C@H](CO)[C@@H](O[C@@H]1O[C@H](COCCOCCCOCCN=[N+]=[N-])[C@@H](O)[C@H](O)[C@@H]1O)[C@@H]2O. The van der Waals surface area contributed by atoms with Crippen LogP contribution in [-0.4, -0.2) is 146 Å². The van der Waals surface area contributed by atoms with Crippen LogP contribution in [0.4, 0.5) is 0 Å². The minimum atomic E-state index is -1.64. The molecule has 0 aromatic rings. The summed E-state index contributed by atoms with van der Waals surface area (Å²) in [5.41, 5.74) is 8.16. The first-order valence-electron chi connectivity index (χ1n) is 12.1. The Morgan fingerprint density at radius 2 is 1.65 bits per heavy atom. The van der Waals surface area contributed by atoms with Gasteiger partial charge in [-0.25, -0.2) is 4.99 Å². The Kier molecular flexibility index (Phi) is 12.2. The first-order chi connectivity index (χ1) is 17.9. The van der Waals surface area contributed by atoms with Crippen molar-refractivity contribution in [2.75, 3.05) is 52.8 Å². The predicted molar refractivity (Wildman–Crippen MR) is 122 cm³/mol. The molecule has 0 aliphatic carbocycles. The van der Waals surface area contributed by atoms with E-state index in [0.29, 0.717) is 32.1 Å². The van der Waals surface area contributed by atoms with Crippen molar-refractivity contribution in [3.8, 4) is 0 Å². The van der Waals surface area contributed by atoms with Crippen LogP contribution in [0.15, 0.2) is 10.1 Å². The molecule has 2 fully saturated rings. The molecule has 0 saturated carbocycles. The van der Waals surface area contributed by atoms with Gasteiger partial charge in [0.15, 0.2) is 12.2 Å². The standard InChI is InChI=1S/C21H36N4O12/c1-11-24-14-16(28)19(12(9-26)35-20(14)34-11)37-21-18(30)17(29)15(27)13(36-21)10-33-8-7-32-5-2-4-31-6-3-23-25-22/h12-21,26-30H,2-10H2,1H3/t12-,13-,14-,15-,16-,17+,18+,19-,20+,21+/m1/s1. The number of aliphatic hydroxyl groups is 5. The number of aliphatic hydroxyl groups excluding tert-OH is 5. The zero-order chi connectivity index (χ0) is 26.8. The Morgan fingerprint density at radius 3 is 2.38 bits per heavy atom. The van der Waals surface area contributed by atoms with Crippen LogP contribution in [0.25, 0.3) is 10.4 Å². The fraction of sp³-hybridized carbons (Fsp3) is 0.952. The zero-order valence-corrected chi connectivity index (χ0v) is 20.5. The molecule has 0 aromatic carbocycles. The average molecular weight is 537 g/mol. The van der Waals surface area contributed by atoms with E-state index < -0.39 is 68.0 Å². The third kappa shape index (κ3) is 8.16. The van der Waals surface area contributed by atoms with Crippen molar-refractivity contribution in [2.45, 2.75) is 74.7 Å². The summed E-state index contributed by atoms with van der Waals surface area (Å²) in [7, 11) is 0. The van der Waals surface area contributed by atoms with Crippen molar-refractivity contribution in [1.29, 1.82) is 0 Å². The molecule has 5 N–H and O–H groups in total. The molecule has 0 radical (unpaired) electrons. The fourth-order valence-electron chi connectivity index (χ4n) is 4.12. The summed E-state index contributed by atoms with van der Waals surface area (Å²) < 4.78 is 38.6. The minimum Gasteiger partial charge on any atom is -0.450 e. The summed E-state index contributed by atoms with van der Waals surface area (Å²) in [6, 6.07) is -0.799. The summed E-state index contributed by atoms with van der Waals surface area (Å²) in [4.78, 5) is 6.80. The summed E-state index contributed by atoms with van der Waals surface area (Å²) in [6.07, 6.45) is -10.9. The molecule has 16 nitrogen and oxygen atoms in total. The number of hydrogen-bond acceptors (Lipinski definition) is 14. The molecule has 0 bridgehead atoms. The van der Waals surface area contributed by atoms with Crippen LogP contribution in [0.2, 0.25) is 0 Å². The van der Waals surface area contributed by atoms with E-state index in [9.17, 15) is 25.5 Å². The van der Waals surface area contributed by atoms with Gasteiger partial charge in [0.05, 0.1) is 33.0 Å². The smallest absolute Gasteiger partial charge is 0.227 e. The first kappa shape index (κ1) is 29.9. The van der Waals surface area contributed by atoms with Gasteiger partial charge in [-0.1, -0.05) is 5.11 Å². The lowest BCUT2D eigenvalue weighted by Crippen LogP contribution is -2.64. The Labute approximate surface area is 213 Å². The number of fused-ring (bicyclic) bond motifs is 1. The van der Waals surface area contributed by atoms with Crippen LogP contribution in [0, 0.1) is 0 Å². The largest absolute Gasteiger partial charge is 0.450 e. The van der Waals surface area contributed by atoms with Crippen molar-refractivity contribution in [2.24, 2.45) is 10.1 Å². The zero-order valence-electron chi connectivity index (χ0n) is 20.5. The van der Waals surface area contributed by atoms with Gasteiger partial charge in [-0.3, -0.25) is 0 Å². The molecule has 37 heavy (non-hydrogen) atoms. The molecule has 16 heteroatoms. The van der Waals surface area contributed by atoms with Gasteiger partial charge >= 0.3 is 0 Å². The molecule has 0 unspecified atom stereocenters. The molecule has 3 heterocycles. The average Bonchev–Trinajstić information content (AvgIpc) is 3.27. The highest BCUT2D eigenvalue weighted by molar-refractivity contribution is 5.75. The van der Waals surface area contributed by atoms with Crippen molar-refractivity contribution < 1.29 is 58.7 Å². The van der Waals surface area contributed by atoms with Crippen LogP contribution >= 0.6 is 0 Å². The van der Waals surface area contributed by atoms with Gasteiger partial charge in [-0.2, -0.15) is 0 Å². The molecule has 3 aliphatic heterocycles. The third-order valence-corrected chi connectivity index (χ3v) is 6.03. The molecule has 212 valence electrons. The van der Waals surface area contributed by atoms with E-state index in [1.165, 1.54) is 0 Å². The van der Waals surface area contributed by atoms with Gasteiger partial charge in [0.25, 0.3) is 0 Å². The van der Waals surface area contributed by atoms with Crippen molar-refractivity contribution >= 4 is 5.90 Å². The van der Waals surface area contributed by atoms with E-state index in [4.69, 9.17) is 38.7 Å². The maximum absolute atomic E-state index is 10.8. The lowest BCUT2D eigenvalue weighted by Gasteiger charge is -2.45. The lowest BCUT2D eigenvalue weighted by molar-refractivity contribution is -0.342. The molecule has 0 amide bonds. The number of azide groups is 1. The lowest BCUT2D eigenvalue weighted by atomic mass is 9.96. The van der Waals surface area contributed by atoms with Crippen LogP contribution in [0.5, 0.6) is 0 Å². The van der Waals surface area contributed by atoms with Gasteiger partial charge in [0.2, 0.25) is 6.29 Å². The van der Waals surface area contributed by atoms with Crippen molar-refractivity contribution in [3.63, 3.8) is 0 Å². The van der Waals surface area contributed by atoms with Gasteiger partial charge in [-0.05, 0) is 12.0 Å². The summed E-state index contributed by atoms with van der Waals surface area (Å²) in [5, 5.41) is 54.9. The summed E-state index contributed by atoms with van der Waals surface area (Å²) in [6.45, 7) is 2.91. The van der Waals surface area contributed by atoms with Crippen molar-refractivity contribution in [3.05, 3.63) is 10.4 Å². The van der Waals surface area contributed by atoms with Crippen LogP contribution in [0.1, 0.15) is 13.3 Å². The van der Waals surface area contributed by atoms with E-state index >= 15 is 0 Å². The second-order valence-electron chi connectivity index (χ2n) is 8.70. The van der Waals surface area contributed by atoms with Crippen molar-refractivity contribution in [1.82, 2.24) is 0 Å². The first-order valence-corrected chi connectivity index (χ1v) is 12.1. The van der Waals surface area contributed by atoms with Gasteiger partial charge < -0.3 is 58.7 Å². The molecular formula is C21H36N4O12. The Balaban J connectivity index is 1.41. The molecule has 3 aliphatic rings. The number of aliphatic imine (C=N–C) groups is 1. The molecule has 0 spiro atoms. The van der Waals surface area contributed by atoms with E-state index in [1.54, 1.807) is 6.92 Å². The molecule has 10 atom stereocenters. The van der Waals surface area contributed by atoms with Crippen LogP contribution in [-0.2, 0) is 33.2 Å². The molecule has 2 saturated heterocycles. The highest BCUT2D eigenvalue weighted by atomic mass is 16.7. The summed E-state index contributed by atoms with van der Waals surface area (Å²) >= 11 is 0. The maximum atomic E-state index is 10.8. The predicted octanol–water partition coefficient (Wildman–Crippen LogP) is -2.18. The van der Waals surface area contributed by atoms with Crippen LogP contribution < -0.4 is 0 Å². The highest BCUT2D eigenvalue weighted by Gasteiger charge is 2.52. The molecular weight excluding hydrogens is 500 g/mol. The van der Waals surface area contributed by atoms with Gasteiger partial charge in [-0.15, -0.1) is 0 Å². The fourth-order valence-corrected chi connectivity index (χ4v) is 4.12. The number of hydrogen-bond donors (Lipinski definition) is 5. The Hall–Kier alpha value is -1.66. The Bertz CT molecular complexity index is 772.